The molecule has 1 amide bonds. The Labute approximate surface area is 139 Å². The van der Waals surface area contributed by atoms with Crippen LogP contribution in [0.3, 0.4) is 0 Å². The number of hydrogen-bond donors (Lipinski definition) is 1. The predicted octanol–water partition coefficient (Wildman–Crippen LogP) is 5.38. The minimum Gasteiger partial charge on any atom is -0.444 e. The lowest BCUT2D eigenvalue weighted by molar-refractivity contribution is -0.139. The maximum absolute atomic E-state index is 14.0. The van der Waals surface area contributed by atoms with Crippen LogP contribution in [0, 0.1) is 5.82 Å². The standard InChI is InChI=1S/C17H23F4NO2/c1-6-10(2)11-7-8-13(18)12(14(11)17(19,20)21)9-22-15(23)24-16(3,4)5/h7-8,10H,6,9H2,1-5H3,(H,22,23). The minimum absolute atomic E-state index is 0.0207. The van der Waals surface area contributed by atoms with E-state index in [4.69, 9.17) is 4.74 Å². The van der Waals surface area contributed by atoms with Gasteiger partial charge in [-0.3, -0.25) is 0 Å². The molecule has 1 unspecified atom stereocenters. The highest BCUT2D eigenvalue weighted by Crippen LogP contribution is 2.39. The first kappa shape index (κ1) is 20.3. The predicted molar refractivity (Wildman–Crippen MR) is 83.2 cm³/mol. The molecule has 136 valence electrons. The highest BCUT2D eigenvalue weighted by atomic mass is 19.4. The van der Waals surface area contributed by atoms with Gasteiger partial charge in [-0.05, 0) is 44.7 Å². The lowest BCUT2D eigenvalue weighted by Gasteiger charge is -2.23. The average molecular weight is 349 g/mol. The summed E-state index contributed by atoms with van der Waals surface area (Å²) in [7, 11) is 0. The van der Waals surface area contributed by atoms with Crippen molar-refractivity contribution in [2.75, 3.05) is 0 Å². The molecule has 7 heteroatoms. The van der Waals surface area contributed by atoms with E-state index < -0.39 is 41.4 Å². The summed E-state index contributed by atoms with van der Waals surface area (Å²) in [5, 5.41) is 2.19. The molecule has 0 aromatic heterocycles. The van der Waals surface area contributed by atoms with Gasteiger partial charge in [0, 0.05) is 12.1 Å². The summed E-state index contributed by atoms with van der Waals surface area (Å²) >= 11 is 0. The zero-order chi connectivity index (χ0) is 18.7. The summed E-state index contributed by atoms with van der Waals surface area (Å²) in [6.07, 6.45) is -5.14. The number of rotatable bonds is 4. The first-order valence-corrected chi connectivity index (χ1v) is 7.72. The minimum atomic E-state index is -4.72. The molecule has 0 bridgehead atoms. The zero-order valence-corrected chi connectivity index (χ0v) is 14.5. The van der Waals surface area contributed by atoms with Crippen LogP contribution in [-0.2, 0) is 17.5 Å². The van der Waals surface area contributed by atoms with Crippen molar-refractivity contribution in [1.82, 2.24) is 5.32 Å². The number of alkyl halides is 3. The van der Waals surface area contributed by atoms with Gasteiger partial charge >= 0.3 is 12.3 Å². The second kappa shape index (κ2) is 7.40. The van der Waals surface area contributed by atoms with E-state index >= 15 is 0 Å². The molecule has 1 atom stereocenters. The third-order valence-corrected chi connectivity index (χ3v) is 3.52. The van der Waals surface area contributed by atoms with Crippen molar-refractivity contribution in [3.8, 4) is 0 Å². The number of carbonyl (C=O) groups excluding carboxylic acids is 1. The van der Waals surface area contributed by atoms with Crippen molar-refractivity contribution >= 4 is 6.09 Å². The lowest BCUT2D eigenvalue weighted by Crippen LogP contribution is -2.33. The normalized spacial score (nSPS) is 13.5. The second-order valence-corrected chi connectivity index (χ2v) is 6.65. The van der Waals surface area contributed by atoms with E-state index in [1.165, 1.54) is 0 Å². The maximum atomic E-state index is 14.0. The molecule has 0 fully saturated rings. The van der Waals surface area contributed by atoms with Crippen molar-refractivity contribution in [3.63, 3.8) is 0 Å². The van der Waals surface area contributed by atoms with Gasteiger partial charge in [0.25, 0.3) is 0 Å². The van der Waals surface area contributed by atoms with Crippen LogP contribution >= 0.6 is 0 Å². The van der Waals surface area contributed by atoms with E-state index in [0.717, 1.165) is 12.1 Å². The van der Waals surface area contributed by atoms with Crippen molar-refractivity contribution in [3.05, 3.63) is 34.6 Å². The van der Waals surface area contributed by atoms with E-state index in [1.54, 1.807) is 34.6 Å². The lowest BCUT2D eigenvalue weighted by atomic mass is 9.90. The Balaban J connectivity index is 3.20. The number of alkyl carbamates (subject to hydrolysis) is 1. The summed E-state index contributed by atoms with van der Waals surface area (Å²) in [6, 6.07) is 2.16. The monoisotopic (exact) mass is 349 g/mol. The number of nitrogens with one attached hydrogen (secondary N) is 1. The molecule has 1 rings (SSSR count). The van der Waals surface area contributed by atoms with Gasteiger partial charge in [0.05, 0.1) is 5.56 Å². The fourth-order valence-corrected chi connectivity index (χ4v) is 2.25. The molecule has 0 aliphatic heterocycles. The molecule has 3 nitrogen and oxygen atoms in total. The highest BCUT2D eigenvalue weighted by Gasteiger charge is 2.38. The summed E-state index contributed by atoms with van der Waals surface area (Å²) in [5.41, 5.74) is -2.37. The van der Waals surface area contributed by atoms with Crippen molar-refractivity contribution in [2.24, 2.45) is 0 Å². The number of halogens is 4. The van der Waals surface area contributed by atoms with Crippen LogP contribution in [0.5, 0.6) is 0 Å². The van der Waals surface area contributed by atoms with Crippen LogP contribution in [0.15, 0.2) is 12.1 Å². The number of hydrogen-bond acceptors (Lipinski definition) is 2. The van der Waals surface area contributed by atoms with Gasteiger partial charge in [-0.2, -0.15) is 13.2 Å². The molecular formula is C17H23F4NO2. The number of amides is 1. The van der Waals surface area contributed by atoms with Crippen LogP contribution in [-0.4, -0.2) is 11.7 Å². The first-order valence-electron chi connectivity index (χ1n) is 7.72. The maximum Gasteiger partial charge on any atom is 0.417 e. The molecule has 0 radical (unpaired) electrons. The molecule has 1 aromatic carbocycles. The SMILES string of the molecule is CCC(C)c1ccc(F)c(CNC(=O)OC(C)(C)C)c1C(F)(F)F. The Hall–Kier alpha value is -1.79. The number of ether oxygens (including phenoxy) is 1. The topological polar surface area (TPSA) is 38.3 Å². The molecule has 0 aliphatic rings. The van der Waals surface area contributed by atoms with Crippen molar-refractivity contribution in [2.45, 2.75) is 65.3 Å². The van der Waals surface area contributed by atoms with Gasteiger partial charge in [-0.15, -0.1) is 0 Å². The van der Waals surface area contributed by atoms with Gasteiger partial charge < -0.3 is 10.1 Å². The van der Waals surface area contributed by atoms with Crippen LogP contribution in [0.4, 0.5) is 22.4 Å². The van der Waals surface area contributed by atoms with Crippen LogP contribution in [0.25, 0.3) is 0 Å². The summed E-state index contributed by atoms with van der Waals surface area (Å²) in [6.45, 7) is 7.67. The fraction of sp³-hybridized carbons (Fsp3) is 0.588. The fourth-order valence-electron chi connectivity index (χ4n) is 2.25. The molecule has 0 heterocycles. The van der Waals surface area contributed by atoms with E-state index in [-0.39, 0.29) is 11.5 Å². The quantitative estimate of drug-likeness (QED) is 0.741. The number of carbonyl (C=O) groups is 1. The van der Waals surface area contributed by atoms with Gasteiger partial charge in [0.15, 0.2) is 0 Å². The summed E-state index contributed by atoms with van der Waals surface area (Å²) in [5.74, 6) is -1.40. The number of benzene rings is 1. The van der Waals surface area contributed by atoms with Crippen molar-refractivity contribution < 1.29 is 27.1 Å². The van der Waals surface area contributed by atoms with Gasteiger partial charge in [0.1, 0.15) is 11.4 Å². The zero-order valence-electron chi connectivity index (χ0n) is 14.5. The Morgan fingerprint density at radius 2 is 1.83 bits per heavy atom. The molecular weight excluding hydrogens is 326 g/mol. The largest absolute Gasteiger partial charge is 0.444 e. The first-order chi connectivity index (χ1) is 10.9. The third kappa shape index (κ3) is 5.39. The summed E-state index contributed by atoms with van der Waals surface area (Å²) in [4.78, 5) is 11.6. The van der Waals surface area contributed by atoms with Gasteiger partial charge in [-0.1, -0.05) is 19.9 Å². The second-order valence-electron chi connectivity index (χ2n) is 6.65. The van der Waals surface area contributed by atoms with E-state index in [1.807, 2.05) is 0 Å². The van der Waals surface area contributed by atoms with E-state index in [2.05, 4.69) is 5.32 Å². The molecule has 24 heavy (non-hydrogen) atoms. The highest BCUT2D eigenvalue weighted by molar-refractivity contribution is 5.67. The molecule has 0 spiro atoms. The van der Waals surface area contributed by atoms with E-state index in [9.17, 15) is 22.4 Å². The average Bonchev–Trinajstić information content (AvgIpc) is 2.41. The molecule has 0 saturated heterocycles. The van der Waals surface area contributed by atoms with Gasteiger partial charge in [-0.25, -0.2) is 9.18 Å². The smallest absolute Gasteiger partial charge is 0.417 e. The van der Waals surface area contributed by atoms with Crippen molar-refractivity contribution in [1.29, 1.82) is 0 Å². The third-order valence-electron chi connectivity index (χ3n) is 3.52. The Morgan fingerprint density at radius 3 is 2.29 bits per heavy atom. The Morgan fingerprint density at radius 1 is 1.25 bits per heavy atom. The van der Waals surface area contributed by atoms with E-state index in [0.29, 0.717) is 6.42 Å². The molecule has 0 aliphatic carbocycles. The van der Waals surface area contributed by atoms with Crippen LogP contribution in [0.1, 0.15) is 63.6 Å². The van der Waals surface area contributed by atoms with Crippen LogP contribution < -0.4 is 5.32 Å². The van der Waals surface area contributed by atoms with Gasteiger partial charge in [0.2, 0.25) is 0 Å². The molecule has 1 aromatic rings. The van der Waals surface area contributed by atoms with Crippen LogP contribution in [0.2, 0.25) is 0 Å². The summed E-state index contributed by atoms with van der Waals surface area (Å²) < 4.78 is 59.4. The molecule has 1 N–H and O–H groups in total. The Kier molecular flexibility index (Phi) is 6.25. The molecule has 0 saturated carbocycles. The Bertz CT molecular complexity index is 591.